The Kier molecular flexibility index (Phi) is 7.39. The molecule has 3 heteroatoms. The molecule has 0 aliphatic carbocycles. The van der Waals surface area contributed by atoms with E-state index in [9.17, 15) is 0 Å². The van der Waals surface area contributed by atoms with E-state index >= 15 is 0 Å². The largest absolute Gasteiger partial charge is 0.455 e. The standard InChI is InChI=1S/C52H33NOS/c1-2-20-39-34(14-1)15-11-26-42(39)43-21-3-6-28-47(43)53(37-18-9-16-35(32-37)40-24-13-31-50-51(40)46-23-5-8-30-49(46)55-50)38-19-10-17-36(33-38)41-25-12-27-45-44-22-4-7-29-48(44)54-52(41)45/h1-33H. The molecule has 0 amide bonds. The van der Waals surface area contributed by atoms with Crippen LogP contribution in [0.4, 0.5) is 17.1 Å². The molecule has 2 nitrogen and oxygen atoms in total. The average Bonchev–Trinajstić information content (AvgIpc) is 3.83. The van der Waals surface area contributed by atoms with Crippen molar-refractivity contribution < 1.29 is 4.42 Å². The molecule has 258 valence electrons. The zero-order valence-electron chi connectivity index (χ0n) is 29.8. The molecule has 0 aliphatic heterocycles. The van der Waals surface area contributed by atoms with Gasteiger partial charge >= 0.3 is 0 Å². The summed E-state index contributed by atoms with van der Waals surface area (Å²) in [5, 5.41) is 7.32. The third-order valence-corrected chi connectivity index (χ3v) is 12.0. The zero-order valence-corrected chi connectivity index (χ0v) is 30.6. The summed E-state index contributed by atoms with van der Waals surface area (Å²) in [5.41, 5.74) is 12.0. The van der Waals surface area contributed by atoms with Crippen molar-refractivity contribution in [1.29, 1.82) is 0 Å². The van der Waals surface area contributed by atoms with Gasteiger partial charge in [-0.25, -0.2) is 0 Å². The lowest BCUT2D eigenvalue weighted by Crippen LogP contribution is -2.11. The van der Waals surface area contributed by atoms with E-state index in [1.165, 1.54) is 53.2 Å². The van der Waals surface area contributed by atoms with Crippen molar-refractivity contribution in [3.05, 3.63) is 200 Å². The van der Waals surface area contributed by atoms with Crippen LogP contribution in [0.2, 0.25) is 0 Å². The minimum absolute atomic E-state index is 0.900. The number of para-hydroxylation sites is 3. The number of benzene rings is 9. The van der Waals surface area contributed by atoms with Gasteiger partial charge in [0.2, 0.25) is 0 Å². The first-order valence-electron chi connectivity index (χ1n) is 18.7. The second-order valence-electron chi connectivity index (χ2n) is 14.0. The summed E-state index contributed by atoms with van der Waals surface area (Å²) >= 11 is 1.86. The molecule has 0 saturated carbocycles. The third-order valence-electron chi connectivity index (χ3n) is 10.9. The van der Waals surface area contributed by atoms with Gasteiger partial charge in [-0.05, 0) is 81.6 Å². The van der Waals surface area contributed by atoms with Gasteiger partial charge in [-0.2, -0.15) is 0 Å². The van der Waals surface area contributed by atoms with Gasteiger partial charge in [0.15, 0.2) is 0 Å². The molecule has 0 spiro atoms. The van der Waals surface area contributed by atoms with Crippen LogP contribution in [0, 0.1) is 0 Å². The number of hydrogen-bond donors (Lipinski definition) is 0. The lowest BCUT2D eigenvalue weighted by atomic mass is 9.95. The number of nitrogens with zero attached hydrogens (tertiary/aromatic N) is 1. The summed E-state index contributed by atoms with van der Waals surface area (Å²) in [6.07, 6.45) is 0. The van der Waals surface area contributed by atoms with Gasteiger partial charge in [0.25, 0.3) is 0 Å². The Bertz CT molecular complexity index is 3240. The molecule has 0 radical (unpaired) electrons. The Morgan fingerprint density at radius 1 is 0.382 bits per heavy atom. The number of fused-ring (bicyclic) bond motifs is 7. The fourth-order valence-corrected chi connectivity index (χ4v) is 9.53. The van der Waals surface area contributed by atoms with E-state index in [1.54, 1.807) is 0 Å². The Morgan fingerprint density at radius 3 is 1.82 bits per heavy atom. The molecule has 0 fully saturated rings. The predicted molar refractivity (Wildman–Crippen MR) is 235 cm³/mol. The number of hydrogen-bond acceptors (Lipinski definition) is 3. The normalized spacial score (nSPS) is 11.6. The van der Waals surface area contributed by atoms with Crippen molar-refractivity contribution in [2.45, 2.75) is 0 Å². The van der Waals surface area contributed by atoms with Crippen LogP contribution < -0.4 is 4.90 Å². The summed E-state index contributed by atoms with van der Waals surface area (Å²) in [5.74, 6) is 0. The highest BCUT2D eigenvalue weighted by Gasteiger charge is 2.21. The van der Waals surface area contributed by atoms with E-state index in [0.29, 0.717) is 0 Å². The maximum Gasteiger partial charge on any atom is 0.143 e. The highest BCUT2D eigenvalue weighted by Crippen LogP contribution is 2.46. The summed E-state index contributed by atoms with van der Waals surface area (Å²) < 4.78 is 9.15. The maximum absolute atomic E-state index is 6.54. The predicted octanol–water partition coefficient (Wildman–Crippen LogP) is 15.6. The lowest BCUT2D eigenvalue weighted by Gasteiger charge is -2.29. The van der Waals surface area contributed by atoms with Gasteiger partial charge in [-0.1, -0.05) is 152 Å². The molecule has 0 aliphatic rings. The van der Waals surface area contributed by atoms with Crippen LogP contribution in [-0.2, 0) is 0 Å². The van der Waals surface area contributed by atoms with Crippen molar-refractivity contribution in [3.63, 3.8) is 0 Å². The van der Waals surface area contributed by atoms with Crippen LogP contribution >= 0.6 is 11.3 Å². The van der Waals surface area contributed by atoms with E-state index < -0.39 is 0 Å². The van der Waals surface area contributed by atoms with E-state index in [2.05, 4.69) is 193 Å². The van der Waals surface area contributed by atoms with Crippen molar-refractivity contribution >= 4 is 81.3 Å². The molecule has 2 heterocycles. The van der Waals surface area contributed by atoms with E-state index in [0.717, 1.165) is 50.1 Å². The molecule has 0 bridgehead atoms. The fourth-order valence-electron chi connectivity index (χ4n) is 8.40. The van der Waals surface area contributed by atoms with Crippen molar-refractivity contribution in [3.8, 4) is 33.4 Å². The first kappa shape index (κ1) is 31.6. The topological polar surface area (TPSA) is 16.4 Å². The van der Waals surface area contributed by atoms with Crippen LogP contribution in [0.25, 0.3) is 86.3 Å². The number of anilines is 3. The molecule has 0 N–H and O–H groups in total. The zero-order chi connectivity index (χ0) is 36.3. The van der Waals surface area contributed by atoms with Crippen LogP contribution in [0.3, 0.4) is 0 Å². The summed E-state index contributed by atoms with van der Waals surface area (Å²) in [7, 11) is 0. The first-order valence-corrected chi connectivity index (χ1v) is 19.5. The van der Waals surface area contributed by atoms with Gasteiger partial charge in [-0.15, -0.1) is 11.3 Å². The van der Waals surface area contributed by atoms with Gasteiger partial charge in [0.05, 0.1) is 5.69 Å². The smallest absolute Gasteiger partial charge is 0.143 e. The van der Waals surface area contributed by atoms with Crippen LogP contribution in [0.1, 0.15) is 0 Å². The van der Waals surface area contributed by atoms with E-state index in [4.69, 9.17) is 4.42 Å². The van der Waals surface area contributed by atoms with Gasteiger partial charge in [0, 0.05) is 53.4 Å². The van der Waals surface area contributed by atoms with Crippen molar-refractivity contribution in [2.75, 3.05) is 4.90 Å². The SMILES string of the molecule is c1cc(-c2cccc3c2oc2ccccc23)cc(N(c2cccc(-c3cccc4sc5ccccc5c34)c2)c2ccccc2-c2cccc3ccccc23)c1. The Labute approximate surface area is 322 Å². The third kappa shape index (κ3) is 5.24. The summed E-state index contributed by atoms with van der Waals surface area (Å²) in [6.45, 7) is 0. The second kappa shape index (κ2) is 12.9. The lowest BCUT2D eigenvalue weighted by molar-refractivity contribution is 0.670. The first-order chi connectivity index (χ1) is 27.3. The van der Waals surface area contributed by atoms with E-state index in [1.807, 2.05) is 23.5 Å². The van der Waals surface area contributed by atoms with Crippen LogP contribution in [0.5, 0.6) is 0 Å². The molecular weight excluding hydrogens is 687 g/mol. The van der Waals surface area contributed by atoms with Crippen molar-refractivity contribution in [2.24, 2.45) is 0 Å². The second-order valence-corrected chi connectivity index (χ2v) is 15.1. The fraction of sp³-hybridized carbons (Fsp3) is 0. The molecule has 55 heavy (non-hydrogen) atoms. The number of thiophene rings is 1. The molecule has 0 saturated heterocycles. The minimum atomic E-state index is 0.900. The molecule has 2 aromatic heterocycles. The molecule has 0 atom stereocenters. The Hall–Kier alpha value is -6.94. The number of rotatable bonds is 6. The molecule has 9 aromatic carbocycles. The minimum Gasteiger partial charge on any atom is -0.455 e. The maximum atomic E-state index is 6.54. The highest BCUT2D eigenvalue weighted by molar-refractivity contribution is 7.25. The van der Waals surface area contributed by atoms with E-state index in [-0.39, 0.29) is 0 Å². The van der Waals surface area contributed by atoms with Gasteiger partial charge in [-0.3, -0.25) is 0 Å². The summed E-state index contributed by atoms with van der Waals surface area (Å²) in [4.78, 5) is 2.43. The van der Waals surface area contributed by atoms with Crippen LogP contribution in [0.15, 0.2) is 205 Å². The van der Waals surface area contributed by atoms with Gasteiger partial charge < -0.3 is 9.32 Å². The van der Waals surface area contributed by atoms with Crippen LogP contribution in [-0.4, -0.2) is 0 Å². The molecule has 0 unspecified atom stereocenters. The summed E-state index contributed by atoms with van der Waals surface area (Å²) in [6, 6.07) is 72.2. The Balaban J connectivity index is 1.14. The van der Waals surface area contributed by atoms with Gasteiger partial charge in [0.1, 0.15) is 11.2 Å². The molecule has 11 rings (SSSR count). The molecule has 11 aromatic rings. The monoisotopic (exact) mass is 719 g/mol. The van der Waals surface area contributed by atoms with Crippen molar-refractivity contribution in [1.82, 2.24) is 0 Å². The average molecular weight is 720 g/mol. The Morgan fingerprint density at radius 2 is 0.945 bits per heavy atom. The quantitative estimate of drug-likeness (QED) is 0.170. The highest BCUT2D eigenvalue weighted by atomic mass is 32.1. The number of furan rings is 1. The molecular formula is C52H33NOS.